The molecule has 23 heavy (non-hydrogen) atoms. The average molecular weight is 335 g/mol. The van der Waals surface area contributed by atoms with E-state index in [1.165, 1.54) is 10.8 Å². The van der Waals surface area contributed by atoms with Crippen LogP contribution in [0.2, 0.25) is 0 Å². The summed E-state index contributed by atoms with van der Waals surface area (Å²) < 4.78 is 5.29. The fourth-order valence-corrected chi connectivity index (χ4v) is 2.86. The minimum atomic E-state index is -0.802. The molecule has 0 saturated carbocycles. The molecule has 3 rings (SSSR count). The highest BCUT2D eigenvalue weighted by Crippen LogP contribution is 2.23. The molecule has 5 heteroatoms. The third kappa shape index (κ3) is 3.83. The standard InChI is InChI=1S/C18H22N2O2.ClH/c1-13(20-17(21)18(19)8-10-22-11-9-18)15-7-6-14-4-2-3-5-16(14)12-15;/h2-7,12-13H,8-11,19H2,1H3,(H,20,21);1H. The number of nitrogens with one attached hydrogen (secondary N) is 1. The molecule has 0 spiro atoms. The van der Waals surface area contributed by atoms with Crippen LogP contribution in [-0.4, -0.2) is 24.7 Å². The van der Waals surface area contributed by atoms with Crippen LogP contribution in [0.5, 0.6) is 0 Å². The zero-order valence-corrected chi connectivity index (χ0v) is 14.1. The van der Waals surface area contributed by atoms with Gasteiger partial charge in [0.1, 0.15) is 0 Å². The first kappa shape index (κ1) is 17.7. The predicted octanol–water partition coefficient (Wildman–Crippen LogP) is 2.95. The lowest BCUT2D eigenvalue weighted by Crippen LogP contribution is -2.57. The molecule has 4 nitrogen and oxygen atoms in total. The number of hydrogen-bond acceptors (Lipinski definition) is 3. The first-order valence-electron chi connectivity index (χ1n) is 7.75. The van der Waals surface area contributed by atoms with E-state index >= 15 is 0 Å². The van der Waals surface area contributed by atoms with E-state index in [1.807, 2.05) is 19.1 Å². The van der Waals surface area contributed by atoms with Gasteiger partial charge in [0.05, 0.1) is 11.6 Å². The number of rotatable bonds is 3. The molecule has 0 radical (unpaired) electrons. The molecule has 2 aromatic rings. The Morgan fingerprint density at radius 1 is 1.17 bits per heavy atom. The van der Waals surface area contributed by atoms with Crippen molar-refractivity contribution in [3.63, 3.8) is 0 Å². The summed E-state index contributed by atoms with van der Waals surface area (Å²) in [6.07, 6.45) is 1.15. The van der Waals surface area contributed by atoms with Crippen LogP contribution < -0.4 is 11.1 Å². The molecule has 1 aliphatic rings. The maximum absolute atomic E-state index is 12.5. The van der Waals surface area contributed by atoms with Crippen molar-refractivity contribution in [1.82, 2.24) is 5.32 Å². The number of carbonyl (C=O) groups excluding carboxylic acids is 1. The van der Waals surface area contributed by atoms with E-state index < -0.39 is 5.54 Å². The highest BCUT2D eigenvalue weighted by atomic mass is 35.5. The van der Waals surface area contributed by atoms with Crippen molar-refractivity contribution in [3.8, 4) is 0 Å². The van der Waals surface area contributed by atoms with Gasteiger partial charge in [0.2, 0.25) is 5.91 Å². The molecular weight excluding hydrogens is 312 g/mol. The molecule has 0 aliphatic carbocycles. The summed E-state index contributed by atoms with van der Waals surface area (Å²) in [5.41, 5.74) is 6.51. The number of carbonyl (C=O) groups is 1. The third-order valence-corrected chi connectivity index (χ3v) is 4.46. The fraction of sp³-hybridized carbons (Fsp3) is 0.389. The van der Waals surface area contributed by atoms with Gasteiger partial charge in [-0.1, -0.05) is 36.4 Å². The normalized spacial score (nSPS) is 18.0. The van der Waals surface area contributed by atoms with E-state index in [0.717, 1.165) is 5.56 Å². The summed E-state index contributed by atoms with van der Waals surface area (Å²) in [4.78, 5) is 12.5. The van der Waals surface area contributed by atoms with Crippen LogP contribution in [0.4, 0.5) is 0 Å². The molecular formula is C18H23ClN2O2. The van der Waals surface area contributed by atoms with Crippen LogP contribution in [-0.2, 0) is 9.53 Å². The van der Waals surface area contributed by atoms with Crippen molar-refractivity contribution in [2.45, 2.75) is 31.3 Å². The molecule has 1 fully saturated rings. The van der Waals surface area contributed by atoms with Gasteiger partial charge < -0.3 is 15.8 Å². The highest BCUT2D eigenvalue weighted by molar-refractivity contribution is 5.87. The Bertz CT molecular complexity index is 684. The maximum Gasteiger partial charge on any atom is 0.240 e. The van der Waals surface area contributed by atoms with Crippen LogP contribution >= 0.6 is 12.4 Å². The monoisotopic (exact) mass is 334 g/mol. The second kappa shape index (κ2) is 7.30. The maximum atomic E-state index is 12.5. The summed E-state index contributed by atoms with van der Waals surface area (Å²) in [5.74, 6) is -0.0866. The molecule has 1 heterocycles. The van der Waals surface area contributed by atoms with Crippen LogP contribution in [0, 0.1) is 0 Å². The number of fused-ring (bicyclic) bond motifs is 1. The van der Waals surface area contributed by atoms with Gasteiger partial charge in [-0.05, 0) is 42.2 Å². The minimum absolute atomic E-state index is 0. The Balaban J connectivity index is 0.00000192. The van der Waals surface area contributed by atoms with E-state index in [2.05, 4.69) is 35.6 Å². The van der Waals surface area contributed by atoms with Crippen molar-refractivity contribution in [1.29, 1.82) is 0 Å². The topological polar surface area (TPSA) is 64.4 Å². The van der Waals surface area contributed by atoms with Gasteiger partial charge in [0, 0.05) is 13.2 Å². The van der Waals surface area contributed by atoms with Crippen LogP contribution in [0.3, 0.4) is 0 Å². The molecule has 2 aromatic carbocycles. The van der Waals surface area contributed by atoms with Crippen LogP contribution in [0.15, 0.2) is 42.5 Å². The molecule has 1 saturated heterocycles. The lowest BCUT2D eigenvalue weighted by Gasteiger charge is -2.33. The van der Waals surface area contributed by atoms with Crippen molar-refractivity contribution >= 4 is 29.1 Å². The van der Waals surface area contributed by atoms with E-state index in [1.54, 1.807) is 0 Å². The van der Waals surface area contributed by atoms with Gasteiger partial charge in [-0.2, -0.15) is 0 Å². The lowest BCUT2D eigenvalue weighted by atomic mass is 9.90. The van der Waals surface area contributed by atoms with Crippen LogP contribution in [0.1, 0.15) is 31.4 Å². The molecule has 1 aliphatic heterocycles. The smallest absolute Gasteiger partial charge is 0.240 e. The van der Waals surface area contributed by atoms with E-state index in [9.17, 15) is 4.79 Å². The largest absolute Gasteiger partial charge is 0.381 e. The van der Waals surface area contributed by atoms with Crippen LogP contribution in [0.25, 0.3) is 10.8 Å². The molecule has 1 unspecified atom stereocenters. The van der Waals surface area contributed by atoms with E-state index in [4.69, 9.17) is 10.5 Å². The summed E-state index contributed by atoms with van der Waals surface area (Å²) >= 11 is 0. The van der Waals surface area contributed by atoms with Crippen molar-refractivity contribution < 1.29 is 9.53 Å². The SMILES string of the molecule is CC(NC(=O)C1(N)CCOCC1)c1ccc2ccccc2c1.Cl. The quantitative estimate of drug-likeness (QED) is 0.907. The number of hydrogen-bond donors (Lipinski definition) is 2. The number of nitrogens with two attached hydrogens (primary N) is 1. The Kier molecular flexibility index (Phi) is 5.63. The lowest BCUT2D eigenvalue weighted by molar-refractivity contribution is -0.130. The molecule has 124 valence electrons. The second-order valence-electron chi connectivity index (χ2n) is 6.07. The van der Waals surface area contributed by atoms with Gasteiger partial charge in [-0.25, -0.2) is 0 Å². The summed E-state index contributed by atoms with van der Waals surface area (Å²) in [7, 11) is 0. The molecule has 3 N–H and O–H groups in total. The van der Waals surface area contributed by atoms with Crippen molar-refractivity contribution in [3.05, 3.63) is 48.0 Å². The number of amides is 1. The minimum Gasteiger partial charge on any atom is -0.381 e. The predicted molar refractivity (Wildman–Crippen MR) is 94.7 cm³/mol. The van der Waals surface area contributed by atoms with Gasteiger partial charge in [-0.3, -0.25) is 4.79 Å². The Morgan fingerprint density at radius 2 is 1.83 bits per heavy atom. The van der Waals surface area contributed by atoms with Gasteiger partial charge in [-0.15, -0.1) is 12.4 Å². The van der Waals surface area contributed by atoms with Crippen molar-refractivity contribution in [2.24, 2.45) is 5.73 Å². The first-order valence-corrected chi connectivity index (χ1v) is 7.75. The third-order valence-electron chi connectivity index (χ3n) is 4.46. The summed E-state index contributed by atoms with van der Waals surface area (Å²) in [6.45, 7) is 3.09. The molecule has 0 aromatic heterocycles. The van der Waals surface area contributed by atoms with Crippen molar-refractivity contribution in [2.75, 3.05) is 13.2 Å². The van der Waals surface area contributed by atoms with E-state index in [-0.39, 0.29) is 24.4 Å². The number of ether oxygens (including phenoxy) is 1. The Morgan fingerprint density at radius 3 is 2.52 bits per heavy atom. The summed E-state index contributed by atoms with van der Waals surface area (Å²) in [5, 5.41) is 5.43. The number of benzene rings is 2. The zero-order chi connectivity index (χ0) is 15.6. The molecule has 0 bridgehead atoms. The van der Waals surface area contributed by atoms with E-state index in [0.29, 0.717) is 26.1 Å². The second-order valence-corrected chi connectivity index (χ2v) is 6.07. The number of halogens is 1. The fourth-order valence-electron chi connectivity index (χ4n) is 2.86. The van der Waals surface area contributed by atoms with Gasteiger partial charge in [0.25, 0.3) is 0 Å². The first-order chi connectivity index (χ1) is 10.6. The van der Waals surface area contributed by atoms with Gasteiger partial charge >= 0.3 is 0 Å². The highest BCUT2D eigenvalue weighted by Gasteiger charge is 2.36. The molecule has 1 atom stereocenters. The zero-order valence-electron chi connectivity index (χ0n) is 13.2. The van der Waals surface area contributed by atoms with Gasteiger partial charge in [0.15, 0.2) is 0 Å². The average Bonchev–Trinajstić information content (AvgIpc) is 2.55. The summed E-state index contributed by atoms with van der Waals surface area (Å²) in [6, 6.07) is 14.4. The Labute approximate surface area is 142 Å². The molecule has 1 amide bonds. The Hall–Kier alpha value is -1.62.